The van der Waals surface area contributed by atoms with E-state index in [1.54, 1.807) is 28.8 Å². The van der Waals surface area contributed by atoms with E-state index in [0.29, 0.717) is 36.1 Å². The first kappa shape index (κ1) is 22.1. The molecule has 2 aromatic carbocycles. The van der Waals surface area contributed by atoms with Crippen molar-refractivity contribution in [2.75, 3.05) is 11.2 Å². The summed E-state index contributed by atoms with van der Waals surface area (Å²) in [7, 11) is -3.84. The molecular weight excluding hydrogens is 444 g/mol. The van der Waals surface area contributed by atoms with E-state index < -0.39 is 15.9 Å². The van der Waals surface area contributed by atoms with Crippen molar-refractivity contribution in [2.45, 2.75) is 35.0 Å². The molecule has 164 valence electrons. The molecule has 1 unspecified atom stereocenters. The first-order chi connectivity index (χ1) is 15.3. The average Bonchev–Trinajstić information content (AvgIpc) is 2.78. The number of carbonyl (C=O) groups excluding carboxylic acids is 1. The number of nitrogens with two attached hydrogens (primary N) is 2. The van der Waals surface area contributed by atoms with Gasteiger partial charge in [0, 0.05) is 28.3 Å². The molecule has 0 amide bonds. The Morgan fingerprint density at radius 1 is 1.09 bits per heavy atom. The van der Waals surface area contributed by atoms with Gasteiger partial charge >= 0.3 is 0 Å². The van der Waals surface area contributed by atoms with Crippen molar-refractivity contribution in [3.8, 4) is 6.07 Å². The van der Waals surface area contributed by atoms with Crippen LogP contribution in [0.25, 0.3) is 0 Å². The highest BCUT2D eigenvalue weighted by atomic mass is 32.2. The van der Waals surface area contributed by atoms with Gasteiger partial charge in [-0.15, -0.1) is 11.8 Å². The summed E-state index contributed by atoms with van der Waals surface area (Å²) >= 11 is 1.61. The van der Waals surface area contributed by atoms with Gasteiger partial charge in [0.2, 0.25) is 10.0 Å². The van der Waals surface area contributed by atoms with Crippen molar-refractivity contribution >= 4 is 33.3 Å². The third-order valence-corrected chi connectivity index (χ3v) is 7.46. The Kier molecular flexibility index (Phi) is 5.86. The second-order valence-corrected chi connectivity index (χ2v) is 10.1. The van der Waals surface area contributed by atoms with Gasteiger partial charge in [0.25, 0.3) is 0 Å². The number of carbonyl (C=O) groups is 1. The Balaban J connectivity index is 1.90. The number of hydrogen-bond acceptors (Lipinski definition) is 7. The van der Waals surface area contributed by atoms with Crippen molar-refractivity contribution in [1.29, 1.82) is 5.26 Å². The lowest BCUT2D eigenvalue weighted by molar-refractivity contribution is -0.116. The monoisotopic (exact) mass is 466 g/mol. The lowest BCUT2D eigenvalue weighted by atomic mass is 9.75. The molecule has 0 fully saturated rings. The smallest absolute Gasteiger partial charge is 0.238 e. The summed E-state index contributed by atoms with van der Waals surface area (Å²) in [5.74, 6) is -0.293. The zero-order valence-electron chi connectivity index (χ0n) is 17.4. The molecule has 1 aliphatic heterocycles. The Morgan fingerprint density at radius 3 is 2.31 bits per heavy atom. The molecule has 0 saturated carbocycles. The fourth-order valence-corrected chi connectivity index (χ4v) is 5.22. The molecule has 0 aromatic heterocycles. The molecule has 0 radical (unpaired) electrons. The lowest BCUT2D eigenvalue weighted by Crippen LogP contribution is -2.38. The number of nitrogens with zero attached hydrogens (tertiary/aromatic N) is 2. The second-order valence-electron chi connectivity index (χ2n) is 7.63. The summed E-state index contributed by atoms with van der Waals surface area (Å²) in [4.78, 5) is 15.9. The maximum atomic E-state index is 13.1. The fraction of sp³-hybridized carbons (Fsp3) is 0.217. The number of allylic oxidation sites excluding steroid dienone is 3. The third kappa shape index (κ3) is 3.81. The predicted octanol–water partition coefficient (Wildman–Crippen LogP) is 3.36. The summed E-state index contributed by atoms with van der Waals surface area (Å²) in [6.45, 7) is 0. The molecule has 1 atom stereocenters. The van der Waals surface area contributed by atoms with Crippen molar-refractivity contribution < 1.29 is 13.2 Å². The molecule has 9 heteroatoms. The van der Waals surface area contributed by atoms with Crippen molar-refractivity contribution in [3.63, 3.8) is 0 Å². The number of nitriles is 1. The fourth-order valence-electron chi connectivity index (χ4n) is 4.30. The van der Waals surface area contributed by atoms with E-state index >= 15 is 0 Å². The number of ketones is 1. The van der Waals surface area contributed by atoms with E-state index in [9.17, 15) is 18.5 Å². The summed E-state index contributed by atoms with van der Waals surface area (Å²) in [5, 5.41) is 15.2. The van der Waals surface area contributed by atoms with Gasteiger partial charge < -0.3 is 5.73 Å². The van der Waals surface area contributed by atoms with Gasteiger partial charge in [0.05, 0.1) is 22.5 Å². The number of sulfonamides is 1. The minimum absolute atomic E-state index is 0.00315. The molecule has 2 aromatic rings. The van der Waals surface area contributed by atoms with E-state index in [2.05, 4.69) is 6.07 Å². The Labute approximate surface area is 191 Å². The van der Waals surface area contributed by atoms with Gasteiger partial charge in [-0.2, -0.15) is 5.26 Å². The van der Waals surface area contributed by atoms with Crippen LogP contribution in [-0.4, -0.2) is 20.5 Å². The van der Waals surface area contributed by atoms with Gasteiger partial charge in [-0.25, -0.2) is 13.6 Å². The van der Waals surface area contributed by atoms with Gasteiger partial charge in [-0.05, 0) is 61.1 Å². The van der Waals surface area contributed by atoms with Crippen LogP contribution >= 0.6 is 11.8 Å². The van der Waals surface area contributed by atoms with E-state index in [0.717, 1.165) is 16.2 Å². The normalized spacial score (nSPS) is 19.1. The molecule has 1 heterocycles. The van der Waals surface area contributed by atoms with E-state index in [1.165, 1.54) is 12.1 Å². The zero-order valence-corrected chi connectivity index (χ0v) is 19.0. The van der Waals surface area contributed by atoms with Gasteiger partial charge in [-0.1, -0.05) is 12.1 Å². The Morgan fingerprint density at radius 2 is 1.75 bits per heavy atom. The molecule has 0 saturated heterocycles. The first-order valence-corrected chi connectivity index (χ1v) is 12.8. The third-order valence-electron chi connectivity index (χ3n) is 5.79. The molecular formula is C23H22N4O3S2. The van der Waals surface area contributed by atoms with Crippen LogP contribution in [-0.2, 0) is 14.8 Å². The summed E-state index contributed by atoms with van der Waals surface area (Å²) in [6.07, 6.45) is 3.70. The van der Waals surface area contributed by atoms with Crippen molar-refractivity contribution in [2.24, 2.45) is 10.9 Å². The van der Waals surface area contributed by atoms with Crippen molar-refractivity contribution in [3.05, 3.63) is 76.8 Å². The molecule has 0 spiro atoms. The number of benzene rings is 2. The molecule has 32 heavy (non-hydrogen) atoms. The van der Waals surface area contributed by atoms with Gasteiger partial charge in [0.15, 0.2) is 5.78 Å². The summed E-state index contributed by atoms with van der Waals surface area (Å²) in [5.41, 5.74) is 9.55. The van der Waals surface area contributed by atoms with Crippen molar-refractivity contribution in [1.82, 2.24) is 0 Å². The molecule has 4 N–H and O–H groups in total. The minimum Gasteiger partial charge on any atom is -0.384 e. The van der Waals surface area contributed by atoms with Crippen LogP contribution in [0.3, 0.4) is 0 Å². The number of anilines is 1. The van der Waals surface area contributed by atoms with Crippen LogP contribution in [0, 0.1) is 11.3 Å². The second kappa shape index (κ2) is 8.47. The summed E-state index contributed by atoms with van der Waals surface area (Å²) in [6, 6.07) is 16.0. The Bertz CT molecular complexity index is 1290. The maximum Gasteiger partial charge on any atom is 0.238 e. The predicted molar refractivity (Wildman–Crippen MR) is 124 cm³/mol. The zero-order chi connectivity index (χ0) is 23.0. The topological polar surface area (TPSA) is 130 Å². The van der Waals surface area contributed by atoms with Crippen LogP contribution in [0.5, 0.6) is 0 Å². The van der Waals surface area contributed by atoms with Gasteiger partial charge in [0.1, 0.15) is 5.82 Å². The standard InChI is InChI=1S/C23H22N4O3S2/c1-31-16-9-5-14(6-10-16)21-18(13-24)23(25)27(19-3-2-4-20(28)22(19)21)15-7-11-17(12-8-15)32(26,29)30/h5-12,21H,2-4,25H2,1H3,(H2,26,29,30). The van der Waals surface area contributed by atoms with E-state index in [4.69, 9.17) is 10.9 Å². The molecule has 2 aliphatic rings. The van der Waals surface area contributed by atoms with Crippen LogP contribution < -0.4 is 15.8 Å². The van der Waals surface area contributed by atoms with Crippen LogP contribution in [0.2, 0.25) is 0 Å². The lowest BCUT2D eigenvalue weighted by Gasteiger charge is -2.39. The van der Waals surface area contributed by atoms with E-state index in [1.807, 2.05) is 30.5 Å². The first-order valence-electron chi connectivity index (χ1n) is 9.99. The Hall–Kier alpha value is -3.06. The highest BCUT2D eigenvalue weighted by molar-refractivity contribution is 7.98. The van der Waals surface area contributed by atoms with Crippen LogP contribution in [0.4, 0.5) is 5.69 Å². The number of hydrogen-bond donors (Lipinski definition) is 2. The highest BCUT2D eigenvalue weighted by Gasteiger charge is 2.40. The quantitative estimate of drug-likeness (QED) is 0.661. The highest BCUT2D eigenvalue weighted by Crippen LogP contribution is 2.46. The number of rotatable bonds is 4. The molecule has 0 bridgehead atoms. The molecule has 4 rings (SSSR count). The van der Waals surface area contributed by atoms with E-state index in [-0.39, 0.29) is 16.5 Å². The SMILES string of the molecule is CSc1ccc(C2C(C#N)=C(N)N(c3ccc(S(N)(=O)=O)cc3)C3=C2C(=O)CCC3)cc1. The van der Waals surface area contributed by atoms with Crippen LogP contribution in [0.1, 0.15) is 30.7 Å². The number of thioether (sulfide) groups is 1. The van der Waals surface area contributed by atoms with Crippen LogP contribution in [0.15, 0.2) is 81.0 Å². The number of Topliss-reactive ketones (excluding diaryl/α,β-unsaturated/α-hetero) is 1. The largest absolute Gasteiger partial charge is 0.384 e. The maximum absolute atomic E-state index is 13.1. The molecule has 7 nitrogen and oxygen atoms in total. The molecule has 1 aliphatic carbocycles. The summed E-state index contributed by atoms with van der Waals surface area (Å²) < 4.78 is 23.3. The number of primary sulfonamides is 1. The minimum atomic E-state index is -3.84. The van der Waals surface area contributed by atoms with Gasteiger partial charge in [-0.3, -0.25) is 9.69 Å². The average molecular weight is 467 g/mol.